The molecule has 8 heteroatoms. The van der Waals surface area contributed by atoms with Crippen LogP contribution in [0.1, 0.15) is 11.3 Å². The number of hydrogen-bond acceptors (Lipinski definition) is 5. The van der Waals surface area contributed by atoms with Crippen LogP contribution in [0.15, 0.2) is 41.6 Å². The van der Waals surface area contributed by atoms with E-state index in [0.29, 0.717) is 22.4 Å². The zero-order chi connectivity index (χ0) is 17.2. The minimum absolute atomic E-state index is 0.212. The van der Waals surface area contributed by atoms with Gasteiger partial charge in [-0.1, -0.05) is 12.1 Å². The molecular formula is C16H14F3N3O2. The quantitative estimate of drug-likeness (QED) is 0.934. The lowest BCUT2D eigenvalue weighted by atomic mass is 10.0. The van der Waals surface area contributed by atoms with E-state index in [2.05, 4.69) is 20.2 Å². The van der Waals surface area contributed by atoms with Crippen molar-refractivity contribution in [2.45, 2.75) is 13.3 Å². The van der Waals surface area contributed by atoms with Gasteiger partial charge in [0.2, 0.25) is 0 Å². The molecule has 0 amide bonds. The van der Waals surface area contributed by atoms with E-state index in [0.717, 1.165) is 5.69 Å². The lowest BCUT2D eigenvalue weighted by molar-refractivity contribution is -0.274. The standard InChI is InChI=1S/C16H14F3N3O2/c1-10-2-3-12(7-20-10)13-5-4-11(14-8-23-9-21-22-14)6-15(13)24-16(17,18)19/h2-7,21H,8-9H2,1H3. The van der Waals surface area contributed by atoms with Gasteiger partial charge in [-0.2, -0.15) is 5.10 Å². The van der Waals surface area contributed by atoms with Gasteiger partial charge in [-0.15, -0.1) is 13.2 Å². The van der Waals surface area contributed by atoms with Crippen LogP contribution in [0, 0.1) is 6.92 Å². The highest BCUT2D eigenvalue weighted by Crippen LogP contribution is 2.34. The second-order valence-electron chi connectivity index (χ2n) is 5.16. The van der Waals surface area contributed by atoms with Crippen LogP contribution in [0.2, 0.25) is 0 Å². The van der Waals surface area contributed by atoms with Gasteiger partial charge in [-0.25, -0.2) is 0 Å². The van der Waals surface area contributed by atoms with Crippen molar-refractivity contribution in [2.75, 3.05) is 13.3 Å². The second-order valence-corrected chi connectivity index (χ2v) is 5.16. The third kappa shape index (κ3) is 3.83. The summed E-state index contributed by atoms with van der Waals surface area (Å²) in [6.07, 6.45) is -3.29. The second kappa shape index (κ2) is 6.48. The molecule has 0 saturated carbocycles. The van der Waals surface area contributed by atoms with Crippen molar-refractivity contribution in [3.8, 4) is 16.9 Å². The molecule has 0 fully saturated rings. The summed E-state index contributed by atoms with van der Waals surface area (Å²) in [6.45, 7) is 2.28. The zero-order valence-corrected chi connectivity index (χ0v) is 12.7. The van der Waals surface area contributed by atoms with Crippen molar-refractivity contribution < 1.29 is 22.6 Å². The van der Waals surface area contributed by atoms with E-state index < -0.39 is 6.36 Å². The fourth-order valence-corrected chi connectivity index (χ4v) is 2.28. The Morgan fingerprint density at radius 1 is 1.17 bits per heavy atom. The predicted molar refractivity (Wildman–Crippen MR) is 81.6 cm³/mol. The average molecular weight is 337 g/mol. The minimum atomic E-state index is -4.80. The van der Waals surface area contributed by atoms with E-state index in [1.54, 1.807) is 31.2 Å². The van der Waals surface area contributed by atoms with Gasteiger partial charge in [0.05, 0.1) is 12.3 Å². The number of hydrogen-bond donors (Lipinski definition) is 1. The lowest BCUT2D eigenvalue weighted by Gasteiger charge is -2.17. The Kier molecular flexibility index (Phi) is 4.39. The van der Waals surface area contributed by atoms with E-state index in [-0.39, 0.29) is 19.1 Å². The van der Waals surface area contributed by atoms with Crippen LogP contribution in [0.25, 0.3) is 11.1 Å². The first-order chi connectivity index (χ1) is 11.4. The molecule has 1 aromatic heterocycles. The molecule has 1 N–H and O–H groups in total. The summed E-state index contributed by atoms with van der Waals surface area (Å²) < 4.78 is 47.7. The number of benzene rings is 1. The lowest BCUT2D eigenvalue weighted by Crippen LogP contribution is -2.26. The summed E-state index contributed by atoms with van der Waals surface area (Å²) in [5.74, 6) is -0.307. The molecule has 2 aromatic rings. The molecule has 2 heterocycles. The third-order valence-corrected chi connectivity index (χ3v) is 3.38. The number of aryl methyl sites for hydroxylation is 1. The number of rotatable bonds is 3. The highest BCUT2D eigenvalue weighted by molar-refractivity contribution is 6.02. The van der Waals surface area contributed by atoms with Crippen molar-refractivity contribution in [1.82, 2.24) is 10.4 Å². The van der Waals surface area contributed by atoms with Gasteiger partial charge >= 0.3 is 6.36 Å². The van der Waals surface area contributed by atoms with Gasteiger partial charge in [0.1, 0.15) is 12.5 Å². The molecule has 0 spiro atoms. The number of nitrogens with one attached hydrogen (secondary N) is 1. The molecular weight excluding hydrogens is 323 g/mol. The van der Waals surface area contributed by atoms with Gasteiger partial charge in [-0.05, 0) is 25.1 Å². The Balaban J connectivity index is 2.04. The zero-order valence-electron chi connectivity index (χ0n) is 12.7. The Labute approximate surface area is 136 Å². The Morgan fingerprint density at radius 2 is 1.96 bits per heavy atom. The highest BCUT2D eigenvalue weighted by atomic mass is 19.4. The molecule has 0 radical (unpaired) electrons. The Morgan fingerprint density at radius 3 is 2.58 bits per heavy atom. The van der Waals surface area contributed by atoms with Gasteiger partial charge in [0, 0.05) is 28.6 Å². The van der Waals surface area contributed by atoms with Gasteiger partial charge < -0.3 is 9.47 Å². The molecule has 0 unspecified atom stereocenters. The normalized spacial score (nSPS) is 14.8. The molecule has 0 aliphatic carbocycles. The summed E-state index contributed by atoms with van der Waals surface area (Å²) >= 11 is 0. The smallest absolute Gasteiger partial charge is 0.405 e. The highest BCUT2D eigenvalue weighted by Gasteiger charge is 2.32. The van der Waals surface area contributed by atoms with Gasteiger partial charge in [-0.3, -0.25) is 10.4 Å². The van der Waals surface area contributed by atoms with Crippen molar-refractivity contribution in [3.05, 3.63) is 47.8 Å². The summed E-state index contributed by atoms with van der Waals surface area (Å²) in [6, 6.07) is 7.96. The Bertz CT molecular complexity index is 758. The maximum atomic E-state index is 12.8. The van der Waals surface area contributed by atoms with Crippen molar-refractivity contribution in [1.29, 1.82) is 0 Å². The van der Waals surface area contributed by atoms with Crippen LogP contribution in [-0.2, 0) is 4.74 Å². The van der Waals surface area contributed by atoms with Crippen LogP contribution in [0.4, 0.5) is 13.2 Å². The number of halogens is 3. The van der Waals surface area contributed by atoms with E-state index in [1.165, 1.54) is 12.3 Å². The number of nitrogens with zero attached hydrogens (tertiary/aromatic N) is 2. The maximum Gasteiger partial charge on any atom is 0.573 e. The SMILES string of the molecule is Cc1ccc(-c2ccc(C3=NNCOC3)cc2OC(F)(F)F)cn1. The summed E-state index contributed by atoms with van der Waals surface area (Å²) in [7, 11) is 0. The molecule has 0 atom stereocenters. The summed E-state index contributed by atoms with van der Waals surface area (Å²) in [5.41, 5.74) is 5.24. The number of alkyl halides is 3. The molecule has 3 rings (SSSR count). The molecule has 1 aliphatic heterocycles. The number of pyridine rings is 1. The van der Waals surface area contributed by atoms with Crippen molar-refractivity contribution in [2.24, 2.45) is 5.10 Å². The van der Waals surface area contributed by atoms with Crippen molar-refractivity contribution in [3.63, 3.8) is 0 Å². The van der Waals surface area contributed by atoms with E-state index in [1.807, 2.05) is 0 Å². The van der Waals surface area contributed by atoms with Crippen LogP contribution in [0.5, 0.6) is 5.75 Å². The molecule has 5 nitrogen and oxygen atoms in total. The monoisotopic (exact) mass is 337 g/mol. The first kappa shape index (κ1) is 16.3. The maximum absolute atomic E-state index is 12.8. The largest absolute Gasteiger partial charge is 0.573 e. The van der Waals surface area contributed by atoms with E-state index >= 15 is 0 Å². The molecule has 0 bridgehead atoms. The van der Waals surface area contributed by atoms with Crippen LogP contribution >= 0.6 is 0 Å². The van der Waals surface area contributed by atoms with Gasteiger partial charge in [0.15, 0.2) is 0 Å². The predicted octanol–water partition coefficient (Wildman–Crippen LogP) is 3.24. The number of hydrazone groups is 1. The molecule has 126 valence electrons. The number of ether oxygens (including phenoxy) is 2. The Hall–Kier alpha value is -2.61. The first-order valence-electron chi connectivity index (χ1n) is 7.13. The minimum Gasteiger partial charge on any atom is -0.405 e. The third-order valence-electron chi connectivity index (χ3n) is 3.38. The summed E-state index contributed by atoms with van der Waals surface area (Å²) in [4.78, 5) is 4.11. The summed E-state index contributed by atoms with van der Waals surface area (Å²) in [5, 5.41) is 4.04. The van der Waals surface area contributed by atoms with Crippen LogP contribution in [0.3, 0.4) is 0 Å². The fourth-order valence-electron chi connectivity index (χ4n) is 2.28. The molecule has 1 aromatic carbocycles. The van der Waals surface area contributed by atoms with Crippen LogP contribution < -0.4 is 10.2 Å². The van der Waals surface area contributed by atoms with E-state index in [9.17, 15) is 13.2 Å². The fraction of sp³-hybridized carbons (Fsp3) is 0.250. The van der Waals surface area contributed by atoms with Crippen LogP contribution in [-0.4, -0.2) is 30.4 Å². The topological polar surface area (TPSA) is 55.7 Å². The molecule has 1 aliphatic rings. The average Bonchev–Trinajstić information content (AvgIpc) is 2.55. The molecule has 0 saturated heterocycles. The first-order valence-corrected chi connectivity index (χ1v) is 7.13. The molecule has 24 heavy (non-hydrogen) atoms. The van der Waals surface area contributed by atoms with E-state index in [4.69, 9.17) is 4.74 Å². The number of aromatic nitrogens is 1. The van der Waals surface area contributed by atoms with Gasteiger partial charge in [0.25, 0.3) is 0 Å². The van der Waals surface area contributed by atoms with Crippen molar-refractivity contribution >= 4 is 5.71 Å².